The molecule has 1 aromatic rings. The topological polar surface area (TPSA) is 84.0 Å². The molecule has 0 aromatic heterocycles. The van der Waals surface area contributed by atoms with Gasteiger partial charge >= 0.3 is 5.97 Å². The van der Waals surface area contributed by atoms with Gasteiger partial charge in [-0.2, -0.15) is 4.31 Å². The van der Waals surface area contributed by atoms with Gasteiger partial charge in [0.05, 0.1) is 10.5 Å². The van der Waals surface area contributed by atoms with Crippen LogP contribution in [0.15, 0.2) is 23.1 Å². The zero-order valence-corrected chi connectivity index (χ0v) is 18.2. The number of benzene rings is 1. The third-order valence-electron chi connectivity index (χ3n) is 5.23. The fourth-order valence-electron chi connectivity index (χ4n) is 3.29. The summed E-state index contributed by atoms with van der Waals surface area (Å²) in [6, 6.07) is 3.00. The van der Waals surface area contributed by atoms with Gasteiger partial charge in [0.15, 0.2) is 6.10 Å². The number of hydrogen-bond acceptors (Lipinski definition) is 5. The Morgan fingerprint density at radius 3 is 2.38 bits per heavy atom. The third kappa shape index (κ3) is 5.33. The second-order valence-electron chi connectivity index (χ2n) is 7.29. The molecule has 0 N–H and O–H groups in total. The molecule has 0 aliphatic carbocycles. The van der Waals surface area contributed by atoms with E-state index in [-0.39, 0.29) is 23.9 Å². The number of ether oxygens (including phenoxy) is 1. The largest absolute Gasteiger partial charge is 0.449 e. The molecule has 29 heavy (non-hydrogen) atoms. The van der Waals surface area contributed by atoms with E-state index in [0.29, 0.717) is 19.0 Å². The Hall–Kier alpha value is -2.00. The van der Waals surface area contributed by atoms with Gasteiger partial charge in [-0.15, -0.1) is 0 Å². The summed E-state index contributed by atoms with van der Waals surface area (Å²) in [5.41, 5.74) is -0.509. The minimum Gasteiger partial charge on any atom is -0.449 e. The molecule has 162 valence electrons. The molecule has 0 bridgehead atoms. The fourth-order valence-corrected chi connectivity index (χ4v) is 4.78. The Kier molecular flexibility index (Phi) is 7.76. The molecule has 2 rings (SSSR count). The Bertz CT molecular complexity index is 846. The quantitative estimate of drug-likeness (QED) is 0.624. The van der Waals surface area contributed by atoms with Crippen molar-refractivity contribution in [1.82, 2.24) is 9.21 Å². The van der Waals surface area contributed by atoms with Gasteiger partial charge in [0.1, 0.15) is 5.82 Å². The second kappa shape index (κ2) is 9.67. The van der Waals surface area contributed by atoms with E-state index in [1.165, 1.54) is 11.2 Å². The third-order valence-corrected chi connectivity index (χ3v) is 7.27. The molecule has 1 aliphatic heterocycles. The molecule has 0 spiro atoms. The fraction of sp³-hybridized carbons (Fsp3) is 0.600. The summed E-state index contributed by atoms with van der Waals surface area (Å²) in [4.78, 5) is 26.4. The first-order chi connectivity index (χ1) is 13.6. The molecule has 1 aliphatic rings. The number of carbonyl (C=O) groups excluding carboxylic acids is 2. The highest BCUT2D eigenvalue weighted by atomic mass is 32.2. The van der Waals surface area contributed by atoms with E-state index in [4.69, 9.17) is 4.74 Å². The van der Waals surface area contributed by atoms with Gasteiger partial charge in [-0.05, 0) is 43.9 Å². The monoisotopic (exact) mass is 428 g/mol. The van der Waals surface area contributed by atoms with Crippen molar-refractivity contribution in [3.63, 3.8) is 0 Å². The van der Waals surface area contributed by atoms with Crippen molar-refractivity contribution in [3.8, 4) is 0 Å². The van der Waals surface area contributed by atoms with Crippen molar-refractivity contribution >= 4 is 21.9 Å². The molecule has 7 nitrogen and oxygen atoms in total. The van der Waals surface area contributed by atoms with Crippen molar-refractivity contribution in [2.45, 2.75) is 51.5 Å². The first-order valence-corrected chi connectivity index (χ1v) is 11.3. The smallest absolute Gasteiger partial charge is 0.341 e. The predicted molar refractivity (Wildman–Crippen MR) is 106 cm³/mol. The standard InChI is InChI=1S/C20H29FN2O5S/c1-5-23(6-2)29(26,27)16-7-8-18(21)17(13-16)20(25)28-15(4)19(24)22-11-9-14(3)10-12-22/h7-8,13-15H,5-6,9-12H2,1-4H3. The molecule has 1 saturated heterocycles. The van der Waals surface area contributed by atoms with Crippen LogP contribution in [0.2, 0.25) is 0 Å². The zero-order chi connectivity index (χ0) is 21.8. The molecular weight excluding hydrogens is 399 g/mol. The van der Waals surface area contributed by atoms with E-state index in [0.717, 1.165) is 31.0 Å². The number of carbonyl (C=O) groups is 2. The van der Waals surface area contributed by atoms with Crippen LogP contribution >= 0.6 is 0 Å². The molecule has 1 atom stereocenters. The first-order valence-electron chi connectivity index (χ1n) is 9.91. The molecule has 1 fully saturated rings. The summed E-state index contributed by atoms with van der Waals surface area (Å²) in [6.07, 6.45) is 0.678. The van der Waals surface area contributed by atoms with Gasteiger partial charge in [-0.3, -0.25) is 4.79 Å². The minimum atomic E-state index is -3.86. The molecule has 1 heterocycles. The number of likely N-dealkylation sites (tertiary alicyclic amines) is 1. The summed E-state index contributed by atoms with van der Waals surface area (Å²) in [7, 11) is -3.86. The van der Waals surface area contributed by atoms with Crippen molar-refractivity contribution in [2.24, 2.45) is 5.92 Å². The summed E-state index contributed by atoms with van der Waals surface area (Å²) < 4.78 is 45.9. The lowest BCUT2D eigenvalue weighted by Gasteiger charge is -2.31. The molecular formula is C20H29FN2O5S. The lowest BCUT2D eigenvalue weighted by Crippen LogP contribution is -2.44. The number of halogens is 1. The minimum absolute atomic E-state index is 0.196. The molecule has 9 heteroatoms. The number of hydrogen-bond donors (Lipinski definition) is 0. The number of esters is 1. The van der Waals surface area contributed by atoms with Crippen LogP contribution in [0.5, 0.6) is 0 Å². The van der Waals surface area contributed by atoms with E-state index in [2.05, 4.69) is 6.92 Å². The Morgan fingerprint density at radius 2 is 1.83 bits per heavy atom. The van der Waals surface area contributed by atoms with Crippen LogP contribution in [0, 0.1) is 11.7 Å². The van der Waals surface area contributed by atoms with E-state index in [1.54, 1.807) is 18.7 Å². The van der Waals surface area contributed by atoms with Gasteiger partial charge in [0.25, 0.3) is 5.91 Å². The zero-order valence-electron chi connectivity index (χ0n) is 17.4. The van der Waals surface area contributed by atoms with Crippen molar-refractivity contribution in [1.29, 1.82) is 0 Å². The molecule has 1 unspecified atom stereocenters. The Morgan fingerprint density at radius 1 is 1.24 bits per heavy atom. The maximum Gasteiger partial charge on any atom is 0.341 e. The average molecular weight is 429 g/mol. The van der Waals surface area contributed by atoms with Gasteiger partial charge in [-0.25, -0.2) is 17.6 Å². The highest BCUT2D eigenvalue weighted by molar-refractivity contribution is 7.89. The van der Waals surface area contributed by atoms with Crippen LogP contribution in [-0.4, -0.2) is 61.8 Å². The van der Waals surface area contributed by atoms with Crippen molar-refractivity contribution < 1.29 is 27.1 Å². The number of piperidine rings is 1. The van der Waals surface area contributed by atoms with Crippen LogP contribution in [0.25, 0.3) is 0 Å². The van der Waals surface area contributed by atoms with Crippen molar-refractivity contribution in [2.75, 3.05) is 26.2 Å². The Labute approximate surface area is 171 Å². The average Bonchev–Trinajstić information content (AvgIpc) is 2.68. The molecule has 0 radical (unpaired) electrons. The predicted octanol–water partition coefficient (Wildman–Crippen LogP) is 2.66. The van der Waals surface area contributed by atoms with Crippen LogP contribution < -0.4 is 0 Å². The molecule has 0 saturated carbocycles. The number of amides is 1. The van der Waals surface area contributed by atoms with Gasteiger partial charge in [0, 0.05) is 26.2 Å². The van der Waals surface area contributed by atoms with Crippen LogP contribution in [-0.2, 0) is 19.6 Å². The highest BCUT2D eigenvalue weighted by Crippen LogP contribution is 2.21. The van der Waals surface area contributed by atoms with Crippen molar-refractivity contribution in [3.05, 3.63) is 29.6 Å². The molecule has 1 aromatic carbocycles. The van der Waals surface area contributed by atoms with Crippen LogP contribution in [0.1, 0.15) is 50.9 Å². The van der Waals surface area contributed by atoms with Crippen LogP contribution in [0.3, 0.4) is 0 Å². The van der Waals surface area contributed by atoms with E-state index < -0.39 is 33.5 Å². The van der Waals surface area contributed by atoms with Gasteiger partial charge in [0.2, 0.25) is 10.0 Å². The lowest BCUT2D eigenvalue weighted by molar-refractivity contribution is -0.141. The SMILES string of the molecule is CCN(CC)S(=O)(=O)c1ccc(F)c(C(=O)OC(C)C(=O)N2CCC(C)CC2)c1. The second-order valence-corrected chi connectivity index (χ2v) is 9.22. The van der Waals surface area contributed by atoms with Gasteiger partial charge in [-0.1, -0.05) is 20.8 Å². The van der Waals surface area contributed by atoms with E-state index in [1.807, 2.05) is 0 Å². The number of rotatable bonds is 7. The summed E-state index contributed by atoms with van der Waals surface area (Å²) >= 11 is 0. The normalized spacial score (nSPS) is 16.7. The summed E-state index contributed by atoms with van der Waals surface area (Å²) in [6.45, 7) is 8.61. The summed E-state index contributed by atoms with van der Waals surface area (Å²) in [5, 5.41) is 0. The number of nitrogens with zero attached hydrogens (tertiary/aromatic N) is 2. The maximum atomic E-state index is 14.2. The highest BCUT2D eigenvalue weighted by Gasteiger charge is 2.29. The van der Waals surface area contributed by atoms with E-state index >= 15 is 0 Å². The van der Waals surface area contributed by atoms with Crippen LogP contribution in [0.4, 0.5) is 4.39 Å². The van der Waals surface area contributed by atoms with Gasteiger partial charge < -0.3 is 9.64 Å². The first kappa shape index (κ1) is 23.3. The summed E-state index contributed by atoms with van der Waals surface area (Å²) in [5.74, 6) is -1.76. The van der Waals surface area contributed by atoms with E-state index in [9.17, 15) is 22.4 Å². The Balaban J connectivity index is 2.17. The molecule has 1 amide bonds. The number of sulfonamides is 1. The maximum absolute atomic E-state index is 14.2. The lowest BCUT2D eigenvalue weighted by atomic mass is 9.99.